The first-order chi connectivity index (χ1) is 12.6. The fraction of sp³-hybridized carbons (Fsp3) is 0.316. The van der Waals surface area contributed by atoms with Gasteiger partial charge in [0, 0.05) is 23.2 Å². The smallest absolute Gasteiger partial charge is 0.399 e. The monoisotopic (exact) mass is 384 g/mol. The van der Waals surface area contributed by atoms with Crippen molar-refractivity contribution in [3.8, 4) is 0 Å². The van der Waals surface area contributed by atoms with Crippen LogP contribution in [0.4, 0.5) is 0 Å². The van der Waals surface area contributed by atoms with Crippen molar-refractivity contribution in [2.75, 3.05) is 0 Å². The van der Waals surface area contributed by atoms with Crippen LogP contribution in [0.3, 0.4) is 0 Å². The Kier molecular flexibility index (Phi) is 4.00. The quantitative estimate of drug-likeness (QED) is 0.650. The largest absolute Gasteiger partial charge is 0.497 e. The van der Waals surface area contributed by atoms with Crippen molar-refractivity contribution in [2.24, 2.45) is 0 Å². The molecule has 0 amide bonds. The predicted molar refractivity (Wildman–Crippen MR) is 104 cm³/mol. The Morgan fingerprint density at radius 2 is 1.63 bits per heavy atom. The fourth-order valence-electron chi connectivity index (χ4n) is 3.13. The van der Waals surface area contributed by atoms with Crippen LogP contribution in [0.25, 0.3) is 10.9 Å². The Balaban J connectivity index is 1.89. The molecule has 0 radical (unpaired) electrons. The molecule has 140 valence electrons. The molecule has 1 saturated heterocycles. The van der Waals surface area contributed by atoms with Gasteiger partial charge in [-0.1, -0.05) is 18.2 Å². The number of nitrogens with zero attached hydrogens (tertiary/aromatic N) is 2. The molecule has 1 aliphatic heterocycles. The average molecular weight is 384 g/mol. The molecule has 3 heterocycles. The van der Waals surface area contributed by atoms with E-state index in [1.165, 1.54) is 3.97 Å². The summed E-state index contributed by atoms with van der Waals surface area (Å²) in [6.07, 6.45) is 4.76. The van der Waals surface area contributed by atoms with Crippen LogP contribution in [0.5, 0.6) is 0 Å². The molecule has 8 heteroatoms. The van der Waals surface area contributed by atoms with Crippen LogP contribution < -0.4 is 5.46 Å². The number of benzene rings is 1. The van der Waals surface area contributed by atoms with Gasteiger partial charge < -0.3 is 9.31 Å². The van der Waals surface area contributed by atoms with Crippen molar-refractivity contribution in [3.63, 3.8) is 0 Å². The molecule has 2 aromatic heterocycles. The van der Waals surface area contributed by atoms with Gasteiger partial charge >= 0.3 is 7.12 Å². The number of rotatable bonds is 3. The van der Waals surface area contributed by atoms with Gasteiger partial charge in [0.1, 0.15) is 0 Å². The Morgan fingerprint density at radius 3 is 2.26 bits per heavy atom. The summed E-state index contributed by atoms with van der Waals surface area (Å²) in [6, 6.07) is 10.1. The highest BCUT2D eigenvalue weighted by atomic mass is 32.2. The fourth-order valence-corrected chi connectivity index (χ4v) is 4.52. The number of fused-ring (bicyclic) bond motifs is 1. The standard InChI is InChI=1S/C19H21BN2O4S/c1-18(2)19(3,4)26-20(25-18)16-13-22(17-12-21-11-10-15(16)17)27(23,24)14-8-6-5-7-9-14/h5-13H,1-4H3. The Bertz CT molecular complexity index is 1090. The summed E-state index contributed by atoms with van der Waals surface area (Å²) >= 11 is 0. The molecule has 1 aromatic carbocycles. The summed E-state index contributed by atoms with van der Waals surface area (Å²) in [4.78, 5) is 4.33. The van der Waals surface area contributed by atoms with Gasteiger partial charge in [-0.25, -0.2) is 12.4 Å². The van der Waals surface area contributed by atoms with Gasteiger partial charge in [-0.15, -0.1) is 0 Å². The minimum Gasteiger partial charge on any atom is -0.399 e. The van der Waals surface area contributed by atoms with Crippen LogP contribution in [0, 0.1) is 0 Å². The van der Waals surface area contributed by atoms with E-state index < -0.39 is 28.3 Å². The first-order valence-corrected chi connectivity index (χ1v) is 10.2. The topological polar surface area (TPSA) is 70.4 Å². The third-order valence-corrected chi connectivity index (χ3v) is 7.10. The molecule has 0 unspecified atom stereocenters. The second kappa shape index (κ2) is 5.92. The van der Waals surface area contributed by atoms with E-state index in [1.807, 2.05) is 27.7 Å². The lowest BCUT2D eigenvalue weighted by Crippen LogP contribution is -2.41. The van der Waals surface area contributed by atoms with Crippen LogP contribution in [-0.4, -0.2) is 35.7 Å². The van der Waals surface area contributed by atoms with Gasteiger partial charge in [-0.3, -0.25) is 4.98 Å². The highest BCUT2D eigenvalue weighted by molar-refractivity contribution is 7.90. The molecule has 0 aliphatic carbocycles. The lowest BCUT2D eigenvalue weighted by molar-refractivity contribution is 0.00578. The van der Waals surface area contributed by atoms with Gasteiger partial charge in [0.05, 0.1) is 27.8 Å². The number of hydrogen-bond acceptors (Lipinski definition) is 5. The lowest BCUT2D eigenvalue weighted by Gasteiger charge is -2.32. The molecule has 0 bridgehead atoms. The van der Waals surface area contributed by atoms with Crippen molar-refractivity contribution >= 4 is 33.5 Å². The van der Waals surface area contributed by atoms with Crippen molar-refractivity contribution in [1.82, 2.24) is 8.96 Å². The van der Waals surface area contributed by atoms with Crippen LogP contribution >= 0.6 is 0 Å². The molecule has 1 aliphatic rings. The number of pyridine rings is 1. The Labute approximate surface area is 159 Å². The van der Waals surface area contributed by atoms with E-state index in [4.69, 9.17) is 9.31 Å². The second-order valence-corrected chi connectivity index (χ2v) is 9.49. The van der Waals surface area contributed by atoms with E-state index in [1.54, 1.807) is 55.0 Å². The third kappa shape index (κ3) is 2.79. The summed E-state index contributed by atoms with van der Waals surface area (Å²) < 4.78 is 39.9. The molecule has 0 spiro atoms. The van der Waals surface area contributed by atoms with Crippen molar-refractivity contribution in [2.45, 2.75) is 43.8 Å². The third-order valence-electron chi connectivity index (χ3n) is 5.41. The molecule has 1 fully saturated rings. The van der Waals surface area contributed by atoms with Gasteiger partial charge in [0.25, 0.3) is 10.0 Å². The summed E-state index contributed by atoms with van der Waals surface area (Å²) in [5.74, 6) is 0. The van der Waals surface area contributed by atoms with Crippen molar-refractivity contribution in [1.29, 1.82) is 0 Å². The zero-order chi connectivity index (χ0) is 19.4. The van der Waals surface area contributed by atoms with E-state index in [2.05, 4.69) is 4.98 Å². The highest BCUT2D eigenvalue weighted by Gasteiger charge is 2.52. The van der Waals surface area contributed by atoms with Crippen LogP contribution in [0.15, 0.2) is 59.9 Å². The maximum atomic E-state index is 13.2. The molecule has 0 atom stereocenters. The average Bonchev–Trinajstić information content (AvgIpc) is 3.11. The highest BCUT2D eigenvalue weighted by Crippen LogP contribution is 2.37. The van der Waals surface area contributed by atoms with E-state index in [0.717, 1.165) is 5.39 Å². The summed E-state index contributed by atoms with van der Waals surface area (Å²) in [5, 5.41) is 0.739. The van der Waals surface area contributed by atoms with E-state index in [0.29, 0.717) is 11.0 Å². The molecular formula is C19H21BN2O4S. The number of aromatic nitrogens is 2. The van der Waals surface area contributed by atoms with E-state index >= 15 is 0 Å². The first-order valence-electron chi connectivity index (χ1n) is 8.75. The van der Waals surface area contributed by atoms with Crippen LogP contribution in [-0.2, 0) is 19.3 Å². The van der Waals surface area contributed by atoms with Gasteiger partial charge in [0.2, 0.25) is 0 Å². The maximum Gasteiger partial charge on any atom is 0.497 e. The number of hydrogen-bond donors (Lipinski definition) is 0. The second-order valence-electron chi connectivity index (χ2n) is 7.68. The van der Waals surface area contributed by atoms with Crippen molar-refractivity contribution < 1.29 is 17.7 Å². The summed E-state index contributed by atoms with van der Waals surface area (Å²) in [7, 11) is -4.43. The summed E-state index contributed by atoms with van der Waals surface area (Å²) in [5.41, 5.74) is 0.131. The minimum atomic E-state index is -3.77. The molecule has 0 saturated carbocycles. The predicted octanol–water partition coefficient (Wildman–Crippen LogP) is 2.57. The molecule has 4 rings (SSSR count). The molecule has 27 heavy (non-hydrogen) atoms. The maximum absolute atomic E-state index is 13.2. The first kappa shape index (κ1) is 18.2. The van der Waals surface area contributed by atoms with Gasteiger partial charge in [-0.2, -0.15) is 0 Å². The molecule has 0 N–H and O–H groups in total. The summed E-state index contributed by atoms with van der Waals surface area (Å²) in [6.45, 7) is 7.87. The van der Waals surface area contributed by atoms with Crippen LogP contribution in [0.1, 0.15) is 27.7 Å². The van der Waals surface area contributed by atoms with Crippen molar-refractivity contribution in [3.05, 3.63) is 55.0 Å². The van der Waals surface area contributed by atoms with E-state index in [-0.39, 0.29) is 4.90 Å². The zero-order valence-corrected chi connectivity index (χ0v) is 16.5. The van der Waals surface area contributed by atoms with Gasteiger partial charge in [0.15, 0.2) is 0 Å². The zero-order valence-electron chi connectivity index (χ0n) is 15.7. The van der Waals surface area contributed by atoms with Gasteiger partial charge in [-0.05, 0) is 45.9 Å². The van der Waals surface area contributed by atoms with Crippen LogP contribution in [0.2, 0.25) is 0 Å². The normalized spacial score (nSPS) is 18.9. The molecule has 6 nitrogen and oxygen atoms in total. The van der Waals surface area contributed by atoms with E-state index in [9.17, 15) is 8.42 Å². The molecule has 3 aromatic rings. The Morgan fingerprint density at radius 1 is 1.00 bits per heavy atom. The Hall–Kier alpha value is -2.16. The lowest BCUT2D eigenvalue weighted by atomic mass is 9.79. The molecular weight excluding hydrogens is 363 g/mol. The SMILES string of the molecule is CC1(C)OB(c2cn(S(=O)(=O)c3ccccc3)c3cnccc23)OC1(C)C. The minimum absolute atomic E-state index is 0.214.